The van der Waals surface area contributed by atoms with Crippen molar-refractivity contribution >= 4 is 23.1 Å². The molecule has 1 aromatic carbocycles. The Morgan fingerprint density at radius 2 is 1.89 bits per heavy atom. The summed E-state index contributed by atoms with van der Waals surface area (Å²) in [5, 5.41) is 0. The van der Waals surface area contributed by atoms with Gasteiger partial charge in [0.15, 0.2) is 0 Å². The van der Waals surface area contributed by atoms with Crippen molar-refractivity contribution in [3.05, 3.63) is 24.3 Å². The Morgan fingerprint density at radius 1 is 1.28 bits per heavy atom. The van der Waals surface area contributed by atoms with Gasteiger partial charge in [0.2, 0.25) is 0 Å². The molecule has 0 atom stereocenters. The van der Waals surface area contributed by atoms with Gasteiger partial charge in [0.05, 0.1) is 32.7 Å². The number of hydrogen-bond donors (Lipinski definition) is 1. The van der Waals surface area contributed by atoms with Crippen molar-refractivity contribution in [2.24, 2.45) is 10.7 Å². The molecule has 18 heavy (non-hydrogen) atoms. The van der Waals surface area contributed by atoms with Gasteiger partial charge in [-0.15, -0.1) is 11.6 Å². The van der Waals surface area contributed by atoms with Crippen molar-refractivity contribution in [3.8, 4) is 5.75 Å². The molecule has 0 heterocycles. The van der Waals surface area contributed by atoms with Crippen LogP contribution in [0.2, 0.25) is 0 Å². The van der Waals surface area contributed by atoms with Gasteiger partial charge in [-0.3, -0.25) is 0 Å². The van der Waals surface area contributed by atoms with E-state index in [1.54, 1.807) is 0 Å². The van der Waals surface area contributed by atoms with E-state index in [1.165, 1.54) is 0 Å². The zero-order chi connectivity index (χ0) is 13.6. The van der Waals surface area contributed by atoms with Crippen LogP contribution in [0.4, 0.5) is 5.69 Å². The number of hydrogen-bond acceptors (Lipinski definition) is 2. The molecule has 0 aliphatic carbocycles. The summed E-state index contributed by atoms with van der Waals surface area (Å²) in [6.45, 7) is 1.65. The topological polar surface area (TPSA) is 47.6 Å². The molecule has 0 saturated carbocycles. The number of alkyl halides is 1. The van der Waals surface area contributed by atoms with Crippen molar-refractivity contribution in [3.63, 3.8) is 0 Å². The molecule has 0 spiro atoms. The van der Waals surface area contributed by atoms with Crippen LogP contribution in [0.25, 0.3) is 0 Å². The number of halogens is 1. The molecule has 1 aromatic rings. The predicted octanol–water partition coefficient (Wildman–Crippen LogP) is 2.00. The van der Waals surface area contributed by atoms with Gasteiger partial charge < -0.3 is 15.0 Å². The van der Waals surface area contributed by atoms with Crippen molar-refractivity contribution in [2.75, 3.05) is 40.2 Å². The number of aliphatic imine (C=N–C) groups is 1. The quantitative estimate of drug-likeness (QED) is 0.372. The van der Waals surface area contributed by atoms with E-state index >= 15 is 0 Å². The first-order valence-electron chi connectivity index (χ1n) is 5.83. The average Bonchev–Trinajstić information content (AvgIpc) is 2.29. The maximum atomic E-state index is 5.65. The van der Waals surface area contributed by atoms with Gasteiger partial charge in [-0.1, -0.05) is 0 Å². The Balaban J connectivity index is 2.51. The second kappa shape index (κ2) is 6.61. The van der Waals surface area contributed by atoms with Crippen LogP contribution in [0.5, 0.6) is 5.75 Å². The van der Waals surface area contributed by atoms with Crippen LogP contribution in [0.15, 0.2) is 29.3 Å². The van der Waals surface area contributed by atoms with E-state index < -0.39 is 0 Å². The van der Waals surface area contributed by atoms with Gasteiger partial charge in [0.25, 0.3) is 0 Å². The summed E-state index contributed by atoms with van der Waals surface area (Å²) in [6, 6.07) is 7.49. The van der Waals surface area contributed by atoms with Crippen molar-refractivity contribution in [1.29, 1.82) is 0 Å². The summed E-state index contributed by atoms with van der Waals surface area (Å²) >= 11 is 5.56. The fourth-order valence-electron chi connectivity index (χ4n) is 1.25. The third-order valence-corrected chi connectivity index (χ3v) is 2.55. The third kappa shape index (κ3) is 5.89. The number of amidine groups is 1. The summed E-state index contributed by atoms with van der Waals surface area (Å²) in [6.07, 6.45) is 0. The monoisotopic (exact) mass is 270 g/mol. The average molecular weight is 271 g/mol. The minimum Gasteiger partial charge on any atom is -0.488 e. The summed E-state index contributed by atoms with van der Waals surface area (Å²) in [5.41, 5.74) is 6.34. The van der Waals surface area contributed by atoms with Crippen LogP contribution < -0.4 is 10.5 Å². The molecule has 0 radical (unpaired) electrons. The lowest BCUT2D eigenvalue weighted by molar-refractivity contribution is -0.870. The van der Waals surface area contributed by atoms with Crippen LogP contribution in [-0.4, -0.2) is 50.5 Å². The first-order valence-corrected chi connectivity index (χ1v) is 6.36. The molecule has 2 N–H and O–H groups in total. The standard InChI is InChI=1S/C13H21ClN3O/c1-17(2,3)8-9-18-12-6-4-11(5-7-12)16-13(15)10-14/h4-7H,8-10H2,1-3H3,(H2,15,16)/q+1. The van der Waals surface area contributed by atoms with Gasteiger partial charge in [0.1, 0.15) is 24.7 Å². The maximum absolute atomic E-state index is 5.65. The normalized spacial score (nSPS) is 12.6. The second-order valence-corrected chi connectivity index (χ2v) is 5.36. The molecule has 0 aliphatic heterocycles. The van der Waals surface area contributed by atoms with Gasteiger partial charge >= 0.3 is 0 Å². The van der Waals surface area contributed by atoms with E-state index in [4.69, 9.17) is 22.1 Å². The number of likely N-dealkylation sites (N-methyl/N-ethyl adjacent to an activating group) is 1. The van der Waals surface area contributed by atoms with Gasteiger partial charge in [0, 0.05) is 0 Å². The molecular weight excluding hydrogens is 250 g/mol. The smallest absolute Gasteiger partial charge is 0.137 e. The lowest BCUT2D eigenvalue weighted by Gasteiger charge is -2.23. The molecule has 0 bridgehead atoms. The fourth-order valence-corrected chi connectivity index (χ4v) is 1.31. The van der Waals surface area contributed by atoms with E-state index in [0.717, 1.165) is 22.5 Å². The lowest BCUT2D eigenvalue weighted by Crippen LogP contribution is -2.38. The SMILES string of the molecule is C[N+](C)(C)CCOc1ccc(N=C(N)CCl)cc1. The Labute approximate surface area is 114 Å². The van der Waals surface area contributed by atoms with Crippen LogP contribution >= 0.6 is 11.6 Å². The van der Waals surface area contributed by atoms with Gasteiger partial charge in [-0.25, -0.2) is 4.99 Å². The van der Waals surface area contributed by atoms with Gasteiger partial charge in [-0.05, 0) is 24.3 Å². The highest BCUT2D eigenvalue weighted by Gasteiger charge is 2.06. The number of benzene rings is 1. The van der Waals surface area contributed by atoms with Crippen molar-refractivity contribution in [2.45, 2.75) is 0 Å². The number of ether oxygens (including phenoxy) is 1. The first-order chi connectivity index (χ1) is 8.40. The highest BCUT2D eigenvalue weighted by atomic mass is 35.5. The van der Waals surface area contributed by atoms with E-state index in [0.29, 0.717) is 12.4 Å². The molecule has 0 fully saturated rings. The molecule has 5 heteroatoms. The van der Waals surface area contributed by atoms with E-state index in [1.807, 2.05) is 24.3 Å². The minimum atomic E-state index is 0.238. The van der Waals surface area contributed by atoms with Crippen LogP contribution in [-0.2, 0) is 0 Å². The molecule has 100 valence electrons. The van der Waals surface area contributed by atoms with E-state index in [2.05, 4.69) is 26.1 Å². The fraction of sp³-hybridized carbons (Fsp3) is 0.462. The Hall–Kier alpha value is -1.26. The lowest BCUT2D eigenvalue weighted by atomic mass is 10.3. The molecular formula is C13H21ClN3O+. The zero-order valence-electron chi connectivity index (χ0n) is 11.2. The third-order valence-electron chi connectivity index (χ3n) is 2.28. The molecule has 0 saturated heterocycles. The predicted molar refractivity (Wildman–Crippen MR) is 76.8 cm³/mol. The Kier molecular flexibility index (Phi) is 5.44. The second-order valence-electron chi connectivity index (χ2n) is 5.09. The van der Waals surface area contributed by atoms with Crippen LogP contribution in [0, 0.1) is 0 Å². The molecule has 4 nitrogen and oxygen atoms in total. The molecule has 0 amide bonds. The maximum Gasteiger partial charge on any atom is 0.137 e. The molecule has 1 rings (SSSR count). The summed E-state index contributed by atoms with van der Waals surface area (Å²) < 4.78 is 6.53. The molecule has 0 unspecified atom stereocenters. The summed E-state index contributed by atoms with van der Waals surface area (Å²) in [7, 11) is 6.41. The molecule has 0 aliphatic rings. The van der Waals surface area contributed by atoms with E-state index in [9.17, 15) is 0 Å². The highest BCUT2D eigenvalue weighted by molar-refractivity contribution is 6.28. The van der Waals surface area contributed by atoms with Crippen LogP contribution in [0.3, 0.4) is 0 Å². The van der Waals surface area contributed by atoms with Crippen molar-refractivity contribution < 1.29 is 9.22 Å². The highest BCUT2D eigenvalue weighted by Crippen LogP contribution is 2.18. The van der Waals surface area contributed by atoms with Crippen molar-refractivity contribution in [1.82, 2.24) is 0 Å². The number of nitrogens with zero attached hydrogens (tertiary/aromatic N) is 2. The minimum absolute atomic E-state index is 0.238. The Morgan fingerprint density at radius 3 is 2.39 bits per heavy atom. The summed E-state index contributed by atoms with van der Waals surface area (Å²) in [5.74, 6) is 1.49. The molecule has 0 aromatic heterocycles. The number of rotatable bonds is 6. The van der Waals surface area contributed by atoms with E-state index in [-0.39, 0.29) is 5.88 Å². The number of quaternary nitrogens is 1. The first kappa shape index (κ1) is 14.8. The van der Waals surface area contributed by atoms with Gasteiger partial charge in [-0.2, -0.15) is 0 Å². The van der Waals surface area contributed by atoms with Crippen LogP contribution in [0.1, 0.15) is 0 Å². The summed E-state index contributed by atoms with van der Waals surface area (Å²) in [4.78, 5) is 4.14. The Bertz CT molecular complexity index is 396. The largest absolute Gasteiger partial charge is 0.488 e. The number of nitrogens with two attached hydrogens (primary N) is 1. The zero-order valence-corrected chi connectivity index (χ0v) is 11.9.